The molecule has 0 fully saturated rings. The molecule has 0 aliphatic rings. The minimum Gasteiger partial charge on any atom is -0.494 e. The number of amides is 1. The summed E-state index contributed by atoms with van der Waals surface area (Å²) in [5, 5.41) is 2.76. The number of hydrogen-bond donors (Lipinski definition) is 2. The van der Waals surface area contributed by atoms with Crippen LogP contribution in [0.4, 0.5) is 5.69 Å². The lowest BCUT2D eigenvalue weighted by molar-refractivity contribution is -0.118. The first-order chi connectivity index (χ1) is 8.58. The number of methoxy groups -OCH3 is 1. The Morgan fingerprint density at radius 2 is 2.16 bits per heavy atom. The summed E-state index contributed by atoms with van der Waals surface area (Å²) in [5.74, 6) is 0.526. The predicted octanol–water partition coefficient (Wildman–Crippen LogP) is 1.73. The molecule has 1 amide bonds. The summed E-state index contributed by atoms with van der Waals surface area (Å²) in [5.41, 5.74) is 7.30. The molecule has 0 aliphatic heterocycles. The Balaban J connectivity index is 0.00000324. The topological polar surface area (TPSA) is 73.6 Å². The first-order valence-electron chi connectivity index (χ1n) is 5.87. The van der Waals surface area contributed by atoms with Crippen LogP contribution in [0, 0.1) is 6.92 Å². The molecule has 108 valence electrons. The molecule has 0 spiro atoms. The van der Waals surface area contributed by atoms with Crippen molar-refractivity contribution in [2.75, 3.05) is 25.6 Å². The van der Waals surface area contributed by atoms with Gasteiger partial charge in [0.2, 0.25) is 5.91 Å². The number of anilines is 1. The lowest BCUT2D eigenvalue weighted by atomic mass is 10.2. The Labute approximate surface area is 119 Å². The highest BCUT2D eigenvalue weighted by Gasteiger charge is 2.14. The number of rotatable bonds is 6. The van der Waals surface area contributed by atoms with Crippen LogP contribution < -0.4 is 15.8 Å². The third-order valence-electron chi connectivity index (χ3n) is 2.45. The highest BCUT2D eigenvalue weighted by Crippen LogP contribution is 2.21. The Hall–Kier alpha value is -1.30. The van der Waals surface area contributed by atoms with Crippen LogP contribution in [0.25, 0.3) is 0 Å². The lowest BCUT2D eigenvalue weighted by Crippen LogP contribution is -2.39. The molecular weight excluding hydrogens is 268 g/mol. The number of hydrogen-bond acceptors (Lipinski definition) is 4. The zero-order valence-corrected chi connectivity index (χ0v) is 12.3. The van der Waals surface area contributed by atoms with Crippen molar-refractivity contribution in [3.63, 3.8) is 0 Å². The molecule has 1 unspecified atom stereocenters. The van der Waals surface area contributed by atoms with E-state index >= 15 is 0 Å². The molecule has 0 radical (unpaired) electrons. The van der Waals surface area contributed by atoms with E-state index in [4.69, 9.17) is 15.2 Å². The van der Waals surface area contributed by atoms with Gasteiger partial charge in [-0.25, -0.2) is 0 Å². The predicted molar refractivity (Wildman–Crippen MR) is 78.1 cm³/mol. The van der Waals surface area contributed by atoms with Gasteiger partial charge >= 0.3 is 0 Å². The molecule has 5 nitrogen and oxygen atoms in total. The van der Waals surface area contributed by atoms with Gasteiger partial charge in [0.1, 0.15) is 11.8 Å². The van der Waals surface area contributed by atoms with Gasteiger partial charge in [0.15, 0.2) is 0 Å². The van der Waals surface area contributed by atoms with Crippen molar-refractivity contribution >= 4 is 24.0 Å². The molecule has 0 aliphatic carbocycles. The highest BCUT2D eigenvalue weighted by molar-refractivity contribution is 5.95. The third kappa shape index (κ3) is 5.46. The molecule has 19 heavy (non-hydrogen) atoms. The van der Waals surface area contributed by atoms with E-state index in [1.54, 1.807) is 6.07 Å². The van der Waals surface area contributed by atoms with Crippen LogP contribution in [-0.2, 0) is 9.53 Å². The minimum absolute atomic E-state index is 0. The summed E-state index contributed by atoms with van der Waals surface area (Å²) in [6, 6.07) is 4.83. The summed E-state index contributed by atoms with van der Waals surface area (Å²) in [6.45, 7) is 4.64. The van der Waals surface area contributed by atoms with Crippen LogP contribution in [0.15, 0.2) is 18.2 Å². The monoisotopic (exact) mass is 288 g/mol. The molecule has 1 aromatic rings. The smallest absolute Gasteiger partial charge is 0.243 e. The lowest BCUT2D eigenvalue weighted by Gasteiger charge is -2.14. The van der Waals surface area contributed by atoms with Crippen LogP contribution >= 0.6 is 12.4 Å². The number of benzene rings is 1. The van der Waals surface area contributed by atoms with Crippen molar-refractivity contribution < 1.29 is 14.3 Å². The first-order valence-corrected chi connectivity index (χ1v) is 5.87. The third-order valence-corrected chi connectivity index (χ3v) is 2.45. The van der Waals surface area contributed by atoms with Crippen molar-refractivity contribution in [1.29, 1.82) is 0 Å². The standard InChI is InChI=1S/C13H20N2O3.ClH/c1-4-18-10-5-6-12(9(2)7-10)15-13(16)11(14)8-17-3;/h5-7,11H,4,8,14H2,1-3H3,(H,15,16);1H. The number of carbonyl (C=O) groups is 1. The van der Waals surface area contributed by atoms with Gasteiger partial charge in [-0.3, -0.25) is 4.79 Å². The average Bonchev–Trinajstić information content (AvgIpc) is 2.33. The van der Waals surface area contributed by atoms with Crippen molar-refractivity contribution in [3.8, 4) is 5.75 Å². The molecule has 1 aromatic carbocycles. The fraction of sp³-hybridized carbons (Fsp3) is 0.462. The number of ether oxygens (including phenoxy) is 2. The zero-order chi connectivity index (χ0) is 13.5. The van der Waals surface area contributed by atoms with Gasteiger partial charge in [-0.2, -0.15) is 0 Å². The zero-order valence-electron chi connectivity index (χ0n) is 11.4. The van der Waals surface area contributed by atoms with E-state index < -0.39 is 6.04 Å². The normalized spacial score (nSPS) is 11.4. The van der Waals surface area contributed by atoms with Crippen molar-refractivity contribution in [2.24, 2.45) is 5.73 Å². The molecule has 0 saturated carbocycles. The van der Waals surface area contributed by atoms with Gasteiger partial charge in [0, 0.05) is 12.8 Å². The van der Waals surface area contributed by atoms with E-state index in [9.17, 15) is 4.79 Å². The fourth-order valence-corrected chi connectivity index (χ4v) is 1.51. The fourth-order valence-electron chi connectivity index (χ4n) is 1.51. The SMILES string of the molecule is CCOc1ccc(NC(=O)C(N)COC)c(C)c1.Cl. The summed E-state index contributed by atoms with van der Waals surface area (Å²) < 4.78 is 10.2. The Morgan fingerprint density at radius 1 is 1.47 bits per heavy atom. The van der Waals surface area contributed by atoms with Gasteiger partial charge < -0.3 is 20.5 Å². The van der Waals surface area contributed by atoms with Gasteiger partial charge in [-0.05, 0) is 37.6 Å². The van der Waals surface area contributed by atoms with Gasteiger partial charge in [0.25, 0.3) is 0 Å². The van der Waals surface area contributed by atoms with Gasteiger partial charge in [-0.1, -0.05) is 0 Å². The Bertz CT molecular complexity index is 413. The van der Waals surface area contributed by atoms with E-state index in [1.807, 2.05) is 26.0 Å². The van der Waals surface area contributed by atoms with Crippen LogP contribution in [-0.4, -0.2) is 32.3 Å². The molecule has 0 aromatic heterocycles. The van der Waals surface area contributed by atoms with Gasteiger partial charge in [0.05, 0.1) is 13.2 Å². The second-order valence-electron chi connectivity index (χ2n) is 3.96. The molecule has 3 N–H and O–H groups in total. The minimum atomic E-state index is -0.666. The summed E-state index contributed by atoms with van der Waals surface area (Å²) in [4.78, 5) is 11.7. The maximum Gasteiger partial charge on any atom is 0.243 e. The molecule has 6 heteroatoms. The van der Waals surface area contributed by atoms with Crippen molar-refractivity contribution in [1.82, 2.24) is 0 Å². The van der Waals surface area contributed by atoms with E-state index in [1.165, 1.54) is 7.11 Å². The van der Waals surface area contributed by atoms with Crippen LogP contribution in [0.5, 0.6) is 5.75 Å². The summed E-state index contributed by atoms with van der Waals surface area (Å²) >= 11 is 0. The van der Waals surface area contributed by atoms with Crippen molar-refractivity contribution in [3.05, 3.63) is 23.8 Å². The number of nitrogens with one attached hydrogen (secondary N) is 1. The Morgan fingerprint density at radius 3 is 2.68 bits per heavy atom. The molecule has 1 atom stereocenters. The van der Waals surface area contributed by atoms with Crippen LogP contribution in [0.1, 0.15) is 12.5 Å². The second kappa shape index (κ2) is 8.74. The largest absolute Gasteiger partial charge is 0.494 e. The molecular formula is C13H21ClN2O3. The highest BCUT2D eigenvalue weighted by atomic mass is 35.5. The maximum absolute atomic E-state index is 11.7. The van der Waals surface area contributed by atoms with E-state index in [2.05, 4.69) is 5.32 Å². The quantitative estimate of drug-likeness (QED) is 0.836. The first kappa shape index (κ1) is 17.7. The van der Waals surface area contributed by atoms with E-state index in [0.29, 0.717) is 6.61 Å². The Kier molecular flexibility index (Phi) is 8.14. The summed E-state index contributed by atoms with van der Waals surface area (Å²) in [7, 11) is 1.51. The second-order valence-corrected chi connectivity index (χ2v) is 3.96. The molecule has 0 heterocycles. The van der Waals surface area contributed by atoms with Gasteiger partial charge in [-0.15, -0.1) is 12.4 Å². The van der Waals surface area contributed by atoms with Crippen LogP contribution in [0.2, 0.25) is 0 Å². The average molecular weight is 289 g/mol. The maximum atomic E-state index is 11.7. The summed E-state index contributed by atoms with van der Waals surface area (Å²) in [6.07, 6.45) is 0. The van der Waals surface area contributed by atoms with E-state index in [0.717, 1.165) is 17.0 Å². The molecule has 1 rings (SSSR count). The van der Waals surface area contributed by atoms with E-state index in [-0.39, 0.29) is 24.9 Å². The van der Waals surface area contributed by atoms with Crippen LogP contribution in [0.3, 0.4) is 0 Å². The molecule has 0 saturated heterocycles. The van der Waals surface area contributed by atoms with Crippen molar-refractivity contribution in [2.45, 2.75) is 19.9 Å². The number of carbonyl (C=O) groups excluding carboxylic acids is 1. The molecule has 0 bridgehead atoms. The number of nitrogens with two attached hydrogens (primary N) is 1. The number of halogens is 1. The number of aryl methyl sites for hydroxylation is 1.